The van der Waals surface area contributed by atoms with Gasteiger partial charge in [0.25, 0.3) is 0 Å². The number of amides is 2. The summed E-state index contributed by atoms with van der Waals surface area (Å²) in [6, 6.07) is 2.83. The van der Waals surface area contributed by atoms with Crippen molar-refractivity contribution in [1.82, 2.24) is 24.6 Å². The number of aromatic nitrogens is 3. The molecule has 2 amide bonds. The lowest BCUT2D eigenvalue weighted by Gasteiger charge is -2.37. The molecule has 11 heteroatoms. The van der Waals surface area contributed by atoms with Crippen LogP contribution in [0.2, 0.25) is 10.0 Å². The summed E-state index contributed by atoms with van der Waals surface area (Å²) in [5.41, 5.74) is 3.52. The molecule has 9 nitrogen and oxygen atoms in total. The molecule has 1 aromatic carbocycles. The van der Waals surface area contributed by atoms with E-state index in [1.165, 1.54) is 0 Å². The molecule has 1 atom stereocenters. The number of aromatic amines is 1. The number of hydrogen-bond donors (Lipinski definition) is 2. The van der Waals surface area contributed by atoms with Gasteiger partial charge in [-0.3, -0.25) is 14.8 Å². The van der Waals surface area contributed by atoms with Crippen molar-refractivity contribution in [2.24, 2.45) is 0 Å². The number of ether oxygens (including phenoxy) is 1. The van der Waals surface area contributed by atoms with Gasteiger partial charge in [-0.2, -0.15) is 5.10 Å². The van der Waals surface area contributed by atoms with Crippen LogP contribution < -0.4 is 0 Å². The molecule has 1 saturated heterocycles. The summed E-state index contributed by atoms with van der Waals surface area (Å²) >= 11 is 12.9. The topological polar surface area (TPSA) is 104 Å². The second kappa shape index (κ2) is 7.74. The third-order valence-electron chi connectivity index (χ3n) is 5.91. The minimum Gasteiger partial charge on any atom is -0.465 e. The van der Waals surface area contributed by atoms with Crippen LogP contribution in [0.3, 0.4) is 0 Å². The van der Waals surface area contributed by atoms with Crippen LogP contribution in [0.5, 0.6) is 0 Å². The molecule has 4 heterocycles. The normalized spacial score (nSPS) is 19.0. The fourth-order valence-electron chi connectivity index (χ4n) is 4.47. The average Bonchev–Trinajstić information content (AvgIpc) is 3.41. The maximum Gasteiger partial charge on any atom is 0.408 e. The quantitative estimate of drug-likeness (QED) is 0.607. The van der Waals surface area contributed by atoms with Crippen molar-refractivity contribution in [3.8, 4) is 11.1 Å². The summed E-state index contributed by atoms with van der Waals surface area (Å²) in [5.74, 6) is -0.263. The van der Waals surface area contributed by atoms with Crippen LogP contribution in [0.4, 0.5) is 4.79 Å². The van der Waals surface area contributed by atoms with Crippen LogP contribution in [0.15, 0.2) is 24.5 Å². The standard InChI is InChI=1S/C20H19Cl2N5O4/c21-13-2-1-12-16(11-7-23-24-8-11)14-9-25(3-4-26(14)18(12)17(13)22)19(28)15-10-31-6-5-27(15)20(29)30/h1-2,7-8,15H,3-6,9-10H2,(H,23,24)(H,29,30). The van der Waals surface area contributed by atoms with Gasteiger partial charge in [0, 0.05) is 48.0 Å². The summed E-state index contributed by atoms with van der Waals surface area (Å²) in [5, 5.41) is 18.2. The molecule has 1 unspecified atom stereocenters. The van der Waals surface area contributed by atoms with E-state index in [9.17, 15) is 14.7 Å². The molecule has 2 N–H and O–H groups in total. The number of nitrogens with zero attached hydrogens (tertiary/aromatic N) is 4. The summed E-state index contributed by atoms with van der Waals surface area (Å²) in [4.78, 5) is 27.7. The molecule has 1 fully saturated rings. The maximum atomic E-state index is 13.3. The van der Waals surface area contributed by atoms with Gasteiger partial charge in [0.2, 0.25) is 5.91 Å². The number of H-pyrrole nitrogens is 1. The van der Waals surface area contributed by atoms with E-state index in [-0.39, 0.29) is 25.7 Å². The molecule has 0 spiro atoms. The van der Waals surface area contributed by atoms with Crippen LogP contribution >= 0.6 is 23.2 Å². The summed E-state index contributed by atoms with van der Waals surface area (Å²) in [7, 11) is 0. The Morgan fingerprint density at radius 2 is 2.06 bits per heavy atom. The van der Waals surface area contributed by atoms with Crippen LogP contribution in [0, 0.1) is 0 Å². The van der Waals surface area contributed by atoms with E-state index >= 15 is 0 Å². The van der Waals surface area contributed by atoms with E-state index in [1.54, 1.807) is 23.4 Å². The predicted molar refractivity (Wildman–Crippen MR) is 114 cm³/mol. The Labute approximate surface area is 187 Å². The van der Waals surface area contributed by atoms with Gasteiger partial charge in [0.1, 0.15) is 6.04 Å². The van der Waals surface area contributed by atoms with Crippen molar-refractivity contribution in [2.45, 2.75) is 19.1 Å². The van der Waals surface area contributed by atoms with Crippen LogP contribution in [0.1, 0.15) is 5.69 Å². The number of morpholine rings is 1. The number of carbonyl (C=O) groups is 2. The number of carbonyl (C=O) groups excluding carboxylic acids is 1. The molecule has 162 valence electrons. The molecule has 0 aliphatic carbocycles. The number of rotatable bonds is 2. The van der Waals surface area contributed by atoms with Crippen molar-refractivity contribution in [3.63, 3.8) is 0 Å². The number of hydrogen-bond acceptors (Lipinski definition) is 4. The molecular weight excluding hydrogens is 445 g/mol. The lowest BCUT2D eigenvalue weighted by atomic mass is 10.0. The lowest BCUT2D eigenvalue weighted by molar-refractivity contribution is -0.143. The Morgan fingerprint density at radius 1 is 1.23 bits per heavy atom. The first-order valence-corrected chi connectivity index (χ1v) is 10.6. The molecule has 0 saturated carbocycles. The molecule has 3 aromatic rings. The highest BCUT2D eigenvalue weighted by molar-refractivity contribution is 6.45. The summed E-state index contributed by atoms with van der Waals surface area (Å²) < 4.78 is 7.49. The average molecular weight is 464 g/mol. The zero-order valence-electron chi connectivity index (χ0n) is 16.3. The van der Waals surface area contributed by atoms with Crippen molar-refractivity contribution in [1.29, 1.82) is 0 Å². The van der Waals surface area contributed by atoms with Gasteiger partial charge in [-0.15, -0.1) is 0 Å². The third-order valence-corrected chi connectivity index (χ3v) is 6.71. The largest absolute Gasteiger partial charge is 0.465 e. The minimum atomic E-state index is -1.12. The molecule has 2 aliphatic heterocycles. The van der Waals surface area contributed by atoms with Gasteiger partial charge >= 0.3 is 6.09 Å². The zero-order chi connectivity index (χ0) is 21.7. The first kappa shape index (κ1) is 20.2. The van der Waals surface area contributed by atoms with Gasteiger partial charge in [-0.1, -0.05) is 29.3 Å². The smallest absolute Gasteiger partial charge is 0.408 e. The number of benzene rings is 1. The second-order valence-corrected chi connectivity index (χ2v) is 8.33. The number of halogens is 2. The second-order valence-electron chi connectivity index (χ2n) is 7.54. The van der Waals surface area contributed by atoms with E-state index in [0.717, 1.165) is 32.6 Å². The van der Waals surface area contributed by atoms with Crippen LogP contribution in [0.25, 0.3) is 22.0 Å². The van der Waals surface area contributed by atoms with E-state index in [0.29, 0.717) is 29.7 Å². The van der Waals surface area contributed by atoms with Crippen molar-refractivity contribution < 1.29 is 19.4 Å². The molecule has 0 bridgehead atoms. The van der Waals surface area contributed by atoms with E-state index in [2.05, 4.69) is 14.8 Å². The van der Waals surface area contributed by atoms with Gasteiger partial charge in [-0.25, -0.2) is 4.79 Å². The van der Waals surface area contributed by atoms with Crippen molar-refractivity contribution in [2.75, 3.05) is 26.3 Å². The maximum absolute atomic E-state index is 13.3. The van der Waals surface area contributed by atoms with Crippen molar-refractivity contribution >= 4 is 46.1 Å². The SMILES string of the molecule is O=C(C1COCCN1C(=O)O)N1CCn2c(c(-c3cn[nH]c3)c3ccc(Cl)c(Cl)c32)C1. The van der Waals surface area contributed by atoms with E-state index in [1.807, 2.05) is 6.07 Å². The van der Waals surface area contributed by atoms with Gasteiger partial charge < -0.3 is 19.3 Å². The molecule has 2 aliphatic rings. The molecule has 5 rings (SSSR count). The zero-order valence-corrected chi connectivity index (χ0v) is 17.9. The molecule has 0 radical (unpaired) electrons. The van der Waals surface area contributed by atoms with Gasteiger partial charge in [-0.05, 0) is 6.07 Å². The minimum absolute atomic E-state index is 0.0562. The Hall–Kier alpha value is -2.75. The van der Waals surface area contributed by atoms with Crippen LogP contribution in [-0.2, 0) is 22.6 Å². The first-order valence-electron chi connectivity index (χ1n) is 9.81. The van der Waals surface area contributed by atoms with E-state index in [4.69, 9.17) is 27.9 Å². The van der Waals surface area contributed by atoms with Crippen LogP contribution in [-0.4, -0.2) is 74.0 Å². The van der Waals surface area contributed by atoms with Gasteiger partial charge in [0.05, 0.1) is 41.5 Å². The predicted octanol–water partition coefficient (Wildman–Crippen LogP) is 3.06. The number of carboxylic acid groups (broad SMARTS) is 1. The highest BCUT2D eigenvalue weighted by atomic mass is 35.5. The van der Waals surface area contributed by atoms with Crippen molar-refractivity contribution in [3.05, 3.63) is 40.3 Å². The highest BCUT2D eigenvalue weighted by Gasteiger charge is 2.37. The first-order chi connectivity index (χ1) is 15.0. The Bertz CT molecular complexity index is 1180. The lowest BCUT2D eigenvalue weighted by Crippen LogP contribution is -2.57. The fourth-order valence-corrected chi connectivity index (χ4v) is 4.89. The monoisotopic (exact) mass is 463 g/mol. The number of nitrogens with one attached hydrogen (secondary N) is 1. The summed E-state index contributed by atoms with van der Waals surface area (Å²) in [6.07, 6.45) is 2.40. The Morgan fingerprint density at radius 3 is 2.81 bits per heavy atom. The molecular formula is C20H19Cl2N5O4. The highest BCUT2D eigenvalue weighted by Crippen LogP contribution is 2.42. The Kier molecular flexibility index (Phi) is 5.04. The summed E-state index contributed by atoms with van der Waals surface area (Å²) in [6.45, 7) is 1.76. The molecule has 31 heavy (non-hydrogen) atoms. The number of fused-ring (bicyclic) bond motifs is 3. The molecule has 2 aromatic heterocycles. The third kappa shape index (κ3) is 3.24. The Balaban J connectivity index is 1.57. The van der Waals surface area contributed by atoms with E-state index < -0.39 is 12.1 Å². The fraction of sp³-hybridized carbons (Fsp3) is 0.350. The van der Waals surface area contributed by atoms with Gasteiger partial charge in [0.15, 0.2) is 0 Å².